The van der Waals surface area contributed by atoms with E-state index >= 15 is 0 Å². The van der Waals surface area contributed by atoms with Crippen molar-refractivity contribution in [3.05, 3.63) is 0 Å². The minimum absolute atomic E-state index is 0.118. The van der Waals surface area contributed by atoms with Crippen molar-refractivity contribution in [2.45, 2.75) is 33.7 Å². The fraction of sp³-hybridized carbons (Fsp3) is 0.900. The molecule has 3 nitrogen and oxygen atoms in total. The number of nitrogens with two attached hydrogens (primary N) is 1. The average molecular weight is 187 g/mol. The summed E-state index contributed by atoms with van der Waals surface area (Å²) in [6.07, 6.45) is 0. The van der Waals surface area contributed by atoms with Crippen LogP contribution in [0.1, 0.15) is 27.7 Å². The number of rotatable bonds is 4. The van der Waals surface area contributed by atoms with Crippen LogP contribution in [0.25, 0.3) is 0 Å². The molecule has 0 aliphatic rings. The molecule has 0 saturated carbocycles. The number of ether oxygens (including phenoxy) is 1. The highest BCUT2D eigenvalue weighted by molar-refractivity contribution is 5.73. The number of carbonyl (C=O) groups is 1. The summed E-state index contributed by atoms with van der Waals surface area (Å²) in [6.45, 7) is 8.01. The molecule has 0 radical (unpaired) electrons. The fourth-order valence-corrected chi connectivity index (χ4v) is 1.42. The number of hydrogen-bond donors (Lipinski definition) is 1. The van der Waals surface area contributed by atoms with Crippen LogP contribution in [0.4, 0.5) is 0 Å². The third-order valence-corrected chi connectivity index (χ3v) is 2.38. The van der Waals surface area contributed by atoms with Crippen molar-refractivity contribution in [3.63, 3.8) is 0 Å². The minimum atomic E-state index is -0.198. The van der Waals surface area contributed by atoms with Gasteiger partial charge in [-0.25, -0.2) is 0 Å². The lowest BCUT2D eigenvalue weighted by atomic mass is 9.83. The highest BCUT2D eigenvalue weighted by Crippen LogP contribution is 2.20. The molecule has 0 bridgehead atoms. The number of esters is 1. The molecule has 0 aliphatic carbocycles. The SMILES string of the molecule is COC(=O)C(C(C)C)C(N)C(C)C. The van der Waals surface area contributed by atoms with E-state index in [1.165, 1.54) is 7.11 Å². The Bertz CT molecular complexity index is 166. The summed E-state index contributed by atoms with van der Waals surface area (Å²) in [7, 11) is 1.41. The molecule has 0 amide bonds. The molecule has 78 valence electrons. The minimum Gasteiger partial charge on any atom is -0.469 e. The first kappa shape index (κ1) is 12.4. The summed E-state index contributed by atoms with van der Waals surface area (Å²) in [5, 5.41) is 0. The van der Waals surface area contributed by atoms with E-state index in [4.69, 9.17) is 10.5 Å². The van der Waals surface area contributed by atoms with Crippen molar-refractivity contribution >= 4 is 5.97 Å². The fourth-order valence-electron chi connectivity index (χ4n) is 1.42. The van der Waals surface area contributed by atoms with Crippen LogP contribution < -0.4 is 5.73 Å². The molecule has 0 aromatic rings. The second kappa shape index (κ2) is 5.22. The Balaban J connectivity index is 4.51. The third kappa shape index (κ3) is 3.35. The van der Waals surface area contributed by atoms with Crippen LogP contribution >= 0.6 is 0 Å². The van der Waals surface area contributed by atoms with Crippen LogP contribution in [-0.2, 0) is 9.53 Å². The Morgan fingerprint density at radius 1 is 1.15 bits per heavy atom. The third-order valence-electron chi connectivity index (χ3n) is 2.38. The van der Waals surface area contributed by atoms with Crippen molar-refractivity contribution < 1.29 is 9.53 Å². The predicted molar refractivity (Wildman–Crippen MR) is 53.2 cm³/mol. The molecular formula is C10H21NO2. The van der Waals surface area contributed by atoms with E-state index in [2.05, 4.69) is 0 Å². The monoisotopic (exact) mass is 187 g/mol. The quantitative estimate of drug-likeness (QED) is 0.677. The molecule has 0 aromatic heterocycles. The van der Waals surface area contributed by atoms with Gasteiger partial charge in [0.2, 0.25) is 0 Å². The maximum atomic E-state index is 11.4. The van der Waals surface area contributed by atoms with Crippen LogP contribution in [0.2, 0.25) is 0 Å². The van der Waals surface area contributed by atoms with Crippen molar-refractivity contribution in [1.29, 1.82) is 0 Å². The highest BCUT2D eigenvalue weighted by atomic mass is 16.5. The van der Waals surface area contributed by atoms with Gasteiger partial charge in [0, 0.05) is 6.04 Å². The van der Waals surface area contributed by atoms with Crippen molar-refractivity contribution in [1.82, 2.24) is 0 Å². The molecule has 0 aliphatic heterocycles. The lowest BCUT2D eigenvalue weighted by Crippen LogP contribution is -2.42. The van der Waals surface area contributed by atoms with Gasteiger partial charge in [0.1, 0.15) is 0 Å². The zero-order valence-corrected chi connectivity index (χ0v) is 9.20. The van der Waals surface area contributed by atoms with E-state index in [0.717, 1.165) is 0 Å². The molecule has 0 heterocycles. The van der Waals surface area contributed by atoms with Crippen LogP contribution in [0.15, 0.2) is 0 Å². The smallest absolute Gasteiger partial charge is 0.310 e. The van der Waals surface area contributed by atoms with Gasteiger partial charge in [0.25, 0.3) is 0 Å². The Morgan fingerprint density at radius 3 is 1.85 bits per heavy atom. The number of methoxy groups -OCH3 is 1. The van der Waals surface area contributed by atoms with Gasteiger partial charge >= 0.3 is 5.97 Å². The highest BCUT2D eigenvalue weighted by Gasteiger charge is 2.31. The van der Waals surface area contributed by atoms with E-state index < -0.39 is 0 Å². The van der Waals surface area contributed by atoms with E-state index in [0.29, 0.717) is 5.92 Å². The van der Waals surface area contributed by atoms with Gasteiger partial charge in [-0.1, -0.05) is 27.7 Å². The Kier molecular flexibility index (Phi) is 4.99. The van der Waals surface area contributed by atoms with E-state index in [-0.39, 0.29) is 23.8 Å². The molecular weight excluding hydrogens is 166 g/mol. The molecule has 0 aromatic carbocycles. The first-order valence-electron chi connectivity index (χ1n) is 4.75. The van der Waals surface area contributed by atoms with Crippen LogP contribution in [0, 0.1) is 17.8 Å². The maximum Gasteiger partial charge on any atom is 0.310 e. The zero-order valence-electron chi connectivity index (χ0n) is 9.20. The van der Waals surface area contributed by atoms with E-state index in [1.54, 1.807) is 0 Å². The molecule has 0 spiro atoms. The average Bonchev–Trinajstić information content (AvgIpc) is 2.03. The van der Waals surface area contributed by atoms with E-state index in [1.807, 2.05) is 27.7 Å². The van der Waals surface area contributed by atoms with Gasteiger partial charge < -0.3 is 10.5 Å². The summed E-state index contributed by atoms with van der Waals surface area (Å²) in [4.78, 5) is 11.4. The Labute approximate surface area is 80.6 Å². The molecule has 0 rings (SSSR count). The van der Waals surface area contributed by atoms with Gasteiger partial charge in [-0.05, 0) is 11.8 Å². The molecule has 2 unspecified atom stereocenters. The van der Waals surface area contributed by atoms with Gasteiger partial charge in [0.15, 0.2) is 0 Å². The van der Waals surface area contributed by atoms with E-state index in [9.17, 15) is 4.79 Å². The zero-order chi connectivity index (χ0) is 10.6. The van der Waals surface area contributed by atoms with Crippen molar-refractivity contribution in [2.24, 2.45) is 23.5 Å². The summed E-state index contributed by atoms with van der Waals surface area (Å²) >= 11 is 0. The topological polar surface area (TPSA) is 52.3 Å². The number of hydrogen-bond acceptors (Lipinski definition) is 3. The molecule has 3 heteroatoms. The van der Waals surface area contributed by atoms with Crippen LogP contribution in [-0.4, -0.2) is 19.1 Å². The maximum absolute atomic E-state index is 11.4. The van der Waals surface area contributed by atoms with Gasteiger partial charge in [-0.15, -0.1) is 0 Å². The second-order valence-electron chi connectivity index (χ2n) is 4.11. The molecule has 2 N–H and O–H groups in total. The van der Waals surface area contributed by atoms with Crippen molar-refractivity contribution in [2.75, 3.05) is 7.11 Å². The van der Waals surface area contributed by atoms with Crippen molar-refractivity contribution in [3.8, 4) is 0 Å². The van der Waals surface area contributed by atoms with Crippen LogP contribution in [0.5, 0.6) is 0 Å². The first-order valence-corrected chi connectivity index (χ1v) is 4.75. The molecule has 13 heavy (non-hydrogen) atoms. The standard InChI is InChI=1S/C10H21NO2/c1-6(2)8(10(12)13-5)9(11)7(3)4/h6-9H,11H2,1-5H3. The van der Waals surface area contributed by atoms with Gasteiger partial charge in [0.05, 0.1) is 13.0 Å². The Hall–Kier alpha value is -0.570. The van der Waals surface area contributed by atoms with Crippen LogP contribution in [0.3, 0.4) is 0 Å². The molecule has 2 atom stereocenters. The Morgan fingerprint density at radius 2 is 1.62 bits per heavy atom. The summed E-state index contributed by atoms with van der Waals surface area (Å²) in [5.41, 5.74) is 5.94. The summed E-state index contributed by atoms with van der Waals surface area (Å²) in [5.74, 6) is 0.137. The van der Waals surface area contributed by atoms with Gasteiger partial charge in [-0.2, -0.15) is 0 Å². The summed E-state index contributed by atoms with van der Waals surface area (Å²) in [6, 6.07) is -0.118. The first-order chi connectivity index (χ1) is 5.91. The molecule has 0 fully saturated rings. The lowest BCUT2D eigenvalue weighted by Gasteiger charge is -2.27. The van der Waals surface area contributed by atoms with Gasteiger partial charge in [-0.3, -0.25) is 4.79 Å². The predicted octanol–water partition coefficient (Wildman–Crippen LogP) is 1.41. The largest absolute Gasteiger partial charge is 0.469 e. The second-order valence-corrected chi connectivity index (χ2v) is 4.11. The molecule has 0 saturated heterocycles. The number of carbonyl (C=O) groups excluding carboxylic acids is 1. The summed E-state index contributed by atoms with van der Waals surface area (Å²) < 4.78 is 4.73. The lowest BCUT2D eigenvalue weighted by molar-refractivity contribution is -0.148. The normalized spacial score (nSPS) is 16.0.